The molecule has 0 aliphatic heterocycles. The molecule has 3 rings (SSSR count). The molecule has 0 aliphatic carbocycles. The highest BCUT2D eigenvalue weighted by Gasteiger charge is 2.18. The van der Waals surface area contributed by atoms with Crippen LogP contribution in [0.1, 0.15) is 32.1 Å². The van der Waals surface area contributed by atoms with Crippen molar-refractivity contribution >= 4 is 41.1 Å². The molecule has 0 unspecified atom stereocenters. The second kappa shape index (κ2) is 8.55. The van der Waals surface area contributed by atoms with Gasteiger partial charge in [-0.15, -0.1) is 0 Å². The normalized spacial score (nSPS) is 10.6. The summed E-state index contributed by atoms with van der Waals surface area (Å²) in [5.74, 6) is -1.19. The van der Waals surface area contributed by atoms with Gasteiger partial charge in [-0.2, -0.15) is 0 Å². The predicted molar refractivity (Wildman–Crippen MR) is 109 cm³/mol. The number of carbonyl (C=O) groups excluding carboxylic acids is 2. The van der Waals surface area contributed by atoms with E-state index in [0.29, 0.717) is 22.6 Å². The number of hydrogen-bond acceptors (Lipinski definition) is 4. The fourth-order valence-corrected chi connectivity index (χ4v) is 3.13. The summed E-state index contributed by atoms with van der Waals surface area (Å²) in [4.78, 5) is 25.9. The maximum atomic E-state index is 14.9. The molecule has 29 heavy (non-hydrogen) atoms. The highest BCUT2D eigenvalue weighted by Crippen LogP contribution is 2.35. The van der Waals surface area contributed by atoms with Gasteiger partial charge in [0.05, 0.1) is 10.7 Å². The van der Waals surface area contributed by atoms with E-state index in [0.717, 1.165) is 0 Å². The molecule has 1 amide bonds. The molecule has 0 saturated heterocycles. The lowest BCUT2D eigenvalue weighted by Gasteiger charge is -2.13. The quantitative estimate of drug-likeness (QED) is 0.379. The third-order valence-electron chi connectivity index (χ3n) is 4.07. The molecule has 0 atom stereocenters. The summed E-state index contributed by atoms with van der Waals surface area (Å²) < 4.78 is 20.5. The van der Waals surface area contributed by atoms with Gasteiger partial charge in [-0.05, 0) is 36.8 Å². The number of amides is 1. The first-order valence-corrected chi connectivity index (χ1v) is 9.18. The number of nitrogens with two attached hydrogens (primary N) is 1. The summed E-state index contributed by atoms with van der Waals surface area (Å²) in [5, 5.41) is 2.97. The number of anilines is 1. The summed E-state index contributed by atoms with van der Waals surface area (Å²) in [6, 6.07) is 8.93. The summed E-state index contributed by atoms with van der Waals surface area (Å²) >= 11 is 12.0. The maximum Gasteiger partial charge on any atom is 0.268 e. The van der Waals surface area contributed by atoms with Crippen molar-refractivity contribution in [2.75, 3.05) is 5.73 Å². The minimum Gasteiger partial charge on any atom is -0.453 e. The Bertz CT molecular complexity index is 1080. The number of nitrogens with one attached hydrogen (secondary N) is 2. The Kier molecular flexibility index (Phi) is 6.10. The van der Waals surface area contributed by atoms with Gasteiger partial charge in [0.1, 0.15) is 11.4 Å². The number of H-pyrrole nitrogens is 1. The molecule has 0 saturated carbocycles. The maximum absolute atomic E-state index is 14.9. The van der Waals surface area contributed by atoms with E-state index < -0.39 is 11.7 Å². The molecule has 9 heteroatoms. The average Bonchev–Trinajstić information content (AvgIpc) is 3.04. The fraction of sp³-hybridized carbons (Fsp3) is 0.100. The number of hydrogen-bond donors (Lipinski definition) is 3. The number of ether oxygens (including phenoxy) is 1. The van der Waals surface area contributed by atoms with Gasteiger partial charge in [0.25, 0.3) is 5.91 Å². The van der Waals surface area contributed by atoms with E-state index in [1.54, 1.807) is 13.0 Å². The van der Waals surface area contributed by atoms with Gasteiger partial charge in [-0.3, -0.25) is 9.59 Å². The standard InChI is InChI=1S/C20H16Cl2FN3O3/c1-10-4-14(9-27)26-18(10)20(28)25-8-11-2-3-16(22)19(17(11)23)29-15-6-12(21)5-13(24)7-15/h2-7,9,26H,8,24H2,1H3,(H,25,28). The van der Waals surface area contributed by atoms with E-state index in [1.165, 1.54) is 30.3 Å². The van der Waals surface area contributed by atoms with E-state index in [2.05, 4.69) is 10.3 Å². The van der Waals surface area contributed by atoms with Gasteiger partial charge >= 0.3 is 0 Å². The van der Waals surface area contributed by atoms with E-state index in [1.807, 2.05) is 0 Å². The van der Waals surface area contributed by atoms with Crippen molar-refractivity contribution < 1.29 is 18.7 Å². The Hall–Kier alpha value is -3.03. The number of halogens is 3. The molecule has 3 aromatic rings. The van der Waals surface area contributed by atoms with Crippen LogP contribution < -0.4 is 15.8 Å². The van der Waals surface area contributed by atoms with Crippen LogP contribution in [0, 0.1) is 12.7 Å². The van der Waals surface area contributed by atoms with Crippen LogP contribution in [0.4, 0.5) is 10.1 Å². The molecule has 0 radical (unpaired) electrons. The Labute approximate surface area is 175 Å². The molecule has 0 fully saturated rings. The first kappa shape index (κ1) is 20.7. The second-order valence-electron chi connectivity index (χ2n) is 6.26. The van der Waals surface area contributed by atoms with Crippen LogP contribution in [0.2, 0.25) is 10.0 Å². The van der Waals surface area contributed by atoms with Gasteiger partial charge in [0, 0.05) is 28.9 Å². The second-order valence-corrected chi connectivity index (χ2v) is 7.10. The van der Waals surface area contributed by atoms with Crippen molar-refractivity contribution in [1.82, 2.24) is 10.3 Å². The molecule has 0 bridgehead atoms. The molecule has 2 aromatic carbocycles. The van der Waals surface area contributed by atoms with Crippen LogP contribution in [0.25, 0.3) is 0 Å². The Morgan fingerprint density at radius 2 is 2.03 bits per heavy atom. The molecule has 6 nitrogen and oxygen atoms in total. The summed E-state index contributed by atoms with van der Waals surface area (Å²) in [6.07, 6.45) is 0.606. The largest absolute Gasteiger partial charge is 0.453 e. The third kappa shape index (κ3) is 4.70. The van der Waals surface area contributed by atoms with Crippen LogP contribution in [0.3, 0.4) is 0 Å². The summed E-state index contributed by atoms with van der Waals surface area (Å²) in [6.45, 7) is 1.56. The van der Waals surface area contributed by atoms with Crippen LogP contribution in [0.5, 0.6) is 11.5 Å². The van der Waals surface area contributed by atoms with E-state index in [9.17, 15) is 14.0 Å². The van der Waals surface area contributed by atoms with Crippen LogP contribution in [0.15, 0.2) is 36.4 Å². The Balaban J connectivity index is 1.80. The number of nitrogen functional groups attached to an aromatic ring is 1. The third-order valence-corrected chi connectivity index (χ3v) is 4.59. The lowest BCUT2D eigenvalue weighted by molar-refractivity contribution is 0.0945. The van der Waals surface area contributed by atoms with Crippen LogP contribution in [-0.2, 0) is 6.54 Å². The Morgan fingerprint density at radius 3 is 2.69 bits per heavy atom. The minimum absolute atomic E-state index is 0.0481. The number of aromatic nitrogens is 1. The van der Waals surface area contributed by atoms with E-state index >= 15 is 0 Å². The monoisotopic (exact) mass is 435 g/mol. The molecule has 0 spiro atoms. The molecule has 4 N–H and O–H groups in total. The number of aryl methyl sites for hydroxylation is 1. The summed E-state index contributed by atoms with van der Waals surface area (Å²) in [7, 11) is 0. The van der Waals surface area contributed by atoms with Crippen molar-refractivity contribution in [3.63, 3.8) is 0 Å². The topological polar surface area (TPSA) is 97.2 Å². The van der Waals surface area contributed by atoms with E-state index in [-0.39, 0.29) is 40.0 Å². The highest BCUT2D eigenvalue weighted by atomic mass is 35.5. The van der Waals surface area contributed by atoms with Gasteiger partial charge in [0.2, 0.25) is 0 Å². The van der Waals surface area contributed by atoms with Gasteiger partial charge in [0.15, 0.2) is 17.9 Å². The molecular weight excluding hydrogens is 420 g/mol. The van der Waals surface area contributed by atoms with Gasteiger partial charge in [-0.1, -0.05) is 29.3 Å². The number of rotatable bonds is 6. The SMILES string of the molecule is Cc1cc(C=O)[nH]c1C(=O)NCc1ccc(Cl)c(Oc2cc(N)cc(Cl)c2)c1F. The van der Waals surface area contributed by atoms with Crippen LogP contribution in [-0.4, -0.2) is 17.2 Å². The number of benzene rings is 2. The number of aldehydes is 1. The molecule has 150 valence electrons. The van der Waals surface area contributed by atoms with Crippen molar-refractivity contribution in [1.29, 1.82) is 0 Å². The predicted octanol–water partition coefficient (Wildman–Crippen LogP) is 4.89. The zero-order valence-corrected chi connectivity index (χ0v) is 16.7. The Morgan fingerprint density at radius 1 is 1.28 bits per heavy atom. The molecule has 0 aliphatic rings. The average molecular weight is 436 g/mol. The molecule has 1 aromatic heterocycles. The number of carbonyl (C=O) groups is 2. The van der Waals surface area contributed by atoms with E-state index in [4.69, 9.17) is 33.7 Å². The molecule has 1 heterocycles. The van der Waals surface area contributed by atoms with Crippen molar-refractivity contribution in [2.45, 2.75) is 13.5 Å². The van der Waals surface area contributed by atoms with Gasteiger partial charge in [-0.25, -0.2) is 4.39 Å². The smallest absolute Gasteiger partial charge is 0.268 e. The van der Waals surface area contributed by atoms with Crippen molar-refractivity contribution in [2.24, 2.45) is 0 Å². The van der Waals surface area contributed by atoms with Gasteiger partial charge < -0.3 is 20.8 Å². The van der Waals surface area contributed by atoms with Crippen molar-refractivity contribution in [3.05, 3.63) is 74.8 Å². The van der Waals surface area contributed by atoms with Crippen LogP contribution >= 0.6 is 23.2 Å². The number of aromatic amines is 1. The summed E-state index contributed by atoms with van der Waals surface area (Å²) in [5.41, 5.74) is 7.34. The lowest BCUT2D eigenvalue weighted by Crippen LogP contribution is -2.24. The lowest BCUT2D eigenvalue weighted by atomic mass is 10.2. The minimum atomic E-state index is -0.729. The highest BCUT2D eigenvalue weighted by molar-refractivity contribution is 6.32. The first-order chi connectivity index (χ1) is 13.8. The zero-order chi connectivity index (χ0) is 21.1. The first-order valence-electron chi connectivity index (χ1n) is 8.42. The zero-order valence-electron chi connectivity index (χ0n) is 15.2. The fourth-order valence-electron chi connectivity index (χ4n) is 2.71. The van der Waals surface area contributed by atoms with Crippen molar-refractivity contribution in [3.8, 4) is 11.5 Å². The molecular formula is C20H16Cl2FN3O3.